The van der Waals surface area contributed by atoms with Gasteiger partial charge in [-0.05, 0) is 6.42 Å². The van der Waals surface area contributed by atoms with E-state index in [4.69, 9.17) is 24.8 Å². The third-order valence-electron chi connectivity index (χ3n) is 4.44. The fourth-order valence-corrected chi connectivity index (χ4v) is 3.92. The second kappa shape index (κ2) is 7.50. The lowest BCUT2D eigenvalue weighted by atomic mass is 10.00. The van der Waals surface area contributed by atoms with Gasteiger partial charge in [-0.2, -0.15) is 4.98 Å². The molecule has 2 aromatic rings. The van der Waals surface area contributed by atoms with Gasteiger partial charge >= 0.3 is 7.82 Å². The first kappa shape index (κ1) is 20.8. The molecule has 0 bridgehead atoms. The number of H-pyrrole nitrogens is 1. The zero-order valence-corrected chi connectivity index (χ0v) is 15.8. The van der Waals surface area contributed by atoms with Gasteiger partial charge in [0, 0.05) is 0 Å². The van der Waals surface area contributed by atoms with E-state index in [1.165, 1.54) is 18.0 Å². The monoisotopic (exact) mass is 421 g/mol. The summed E-state index contributed by atoms with van der Waals surface area (Å²) in [6, 6.07) is 0. The van der Waals surface area contributed by atoms with Gasteiger partial charge in [0.1, 0.15) is 12.2 Å². The molecule has 0 spiro atoms. The van der Waals surface area contributed by atoms with E-state index in [1.807, 2.05) is 0 Å². The molecule has 15 heteroatoms. The molecule has 6 N–H and O–H groups in total. The van der Waals surface area contributed by atoms with Gasteiger partial charge in [0.25, 0.3) is 5.56 Å². The highest BCUT2D eigenvalue weighted by Crippen LogP contribution is 2.48. The average Bonchev–Trinajstić information content (AvgIpc) is 3.15. The molecule has 0 unspecified atom stereocenters. The largest absolute Gasteiger partial charge is 0.470 e. The summed E-state index contributed by atoms with van der Waals surface area (Å²) >= 11 is 0. The zero-order chi connectivity index (χ0) is 20.7. The van der Waals surface area contributed by atoms with Crippen molar-refractivity contribution in [3.63, 3.8) is 0 Å². The van der Waals surface area contributed by atoms with Crippen molar-refractivity contribution >= 4 is 24.9 Å². The number of imidazole rings is 1. The van der Waals surface area contributed by atoms with E-state index >= 15 is 0 Å². The van der Waals surface area contributed by atoms with E-state index in [0.29, 0.717) is 0 Å². The molecule has 0 radical (unpaired) electrons. The molecule has 1 fully saturated rings. The standard InChI is InChI=1S/C13H20N5O9P/c1-3-13(18-5-15-7-10(18)16-12(14)17-11(7)20)9(26-24-2)8(6(4-19)25-13)27-28(21,22)23/h5-6,8-9,19H,3-4H2,1-2H3,(H2,21,22,23)(H3,14,16,17,20)/t6-,8-,9-,13-/m1/s1. The fourth-order valence-electron chi connectivity index (χ4n) is 3.36. The van der Waals surface area contributed by atoms with Crippen LogP contribution in [0.1, 0.15) is 13.3 Å². The molecule has 2 aromatic heterocycles. The zero-order valence-electron chi connectivity index (χ0n) is 14.9. The SMILES string of the molecule is CC[C@@]1(n2cnc3c(=O)[nH]c(N)nc32)O[C@H](CO)[C@@H](OP(=O)(O)O)[C@H]1OOC. The van der Waals surface area contributed by atoms with Gasteiger partial charge in [0.15, 0.2) is 23.0 Å². The number of aliphatic hydroxyl groups is 1. The van der Waals surface area contributed by atoms with Crippen molar-refractivity contribution in [2.24, 2.45) is 0 Å². The van der Waals surface area contributed by atoms with Crippen LogP contribution in [-0.2, 0) is 29.3 Å². The van der Waals surface area contributed by atoms with Crippen LogP contribution in [-0.4, -0.2) is 66.4 Å². The fraction of sp³-hybridized carbons (Fsp3) is 0.615. The lowest BCUT2D eigenvalue weighted by Gasteiger charge is -2.34. The molecule has 0 saturated carbocycles. The number of nitrogens with one attached hydrogen (secondary N) is 1. The van der Waals surface area contributed by atoms with Crippen LogP contribution >= 0.6 is 7.82 Å². The van der Waals surface area contributed by atoms with Gasteiger partial charge in [0.2, 0.25) is 5.95 Å². The number of hydrogen-bond donors (Lipinski definition) is 5. The van der Waals surface area contributed by atoms with Crippen molar-refractivity contribution in [3.05, 3.63) is 16.7 Å². The molecule has 1 aliphatic heterocycles. The molecular formula is C13H20N5O9P. The van der Waals surface area contributed by atoms with Crippen LogP contribution in [0.5, 0.6) is 0 Å². The average molecular weight is 421 g/mol. The lowest BCUT2D eigenvalue weighted by molar-refractivity contribution is -0.344. The number of aliphatic hydroxyl groups excluding tert-OH is 1. The van der Waals surface area contributed by atoms with Gasteiger partial charge < -0.3 is 25.4 Å². The number of anilines is 1. The van der Waals surface area contributed by atoms with E-state index in [1.54, 1.807) is 6.92 Å². The van der Waals surface area contributed by atoms with E-state index in [2.05, 4.69) is 15.0 Å². The molecule has 1 saturated heterocycles. The van der Waals surface area contributed by atoms with Crippen LogP contribution < -0.4 is 11.3 Å². The van der Waals surface area contributed by atoms with Gasteiger partial charge in [0.05, 0.1) is 20.0 Å². The maximum Gasteiger partial charge on any atom is 0.470 e. The van der Waals surface area contributed by atoms with Crippen molar-refractivity contribution in [2.45, 2.75) is 37.4 Å². The van der Waals surface area contributed by atoms with Crippen LogP contribution in [0.4, 0.5) is 5.95 Å². The minimum Gasteiger partial charge on any atom is -0.394 e. The predicted octanol–water partition coefficient (Wildman–Crippen LogP) is -1.42. The number of hydrogen-bond acceptors (Lipinski definition) is 10. The quantitative estimate of drug-likeness (QED) is 0.198. The highest BCUT2D eigenvalue weighted by atomic mass is 31.2. The summed E-state index contributed by atoms with van der Waals surface area (Å²) in [5, 5.41) is 9.68. The van der Waals surface area contributed by atoms with Gasteiger partial charge in [-0.15, -0.1) is 0 Å². The Labute approximate surface area is 157 Å². The van der Waals surface area contributed by atoms with Crippen LogP contribution in [0.3, 0.4) is 0 Å². The number of rotatable bonds is 7. The minimum absolute atomic E-state index is 0.0401. The summed E-state index contributed by atoms with van der Waals surface area (Å²) < 4.78 is 23.5. The first-order chi connectivity index (χ1) is 13.2. The topological polar surface area (TPSA) is 204 Å². The predicted molar refractivity (Wildman–Crippen MR) is 91.6 cm³/mol. The van der Waals surface area contributed by atoms with Crippen LogP contribution in [0.2, 0.25) is 0 Å². The van der Waals surface area contributed by atoms with Crippen LogP contribution in [0, 0.1) is 0 Å². The number of nitrogen functional groups attached to an aromatic ring is 1. The molecular weight excluding hydrogens is 401 g/mol. The normalized spacial score (nSPS) is 28.2. The number of phosphoric acid groups is 1. The minimum atomic E-state index is -4.98. The van der Waals surface area contributed by atoms with E-state index in [-0.39, 0.29) is 23.5 Å². The highest BCUT2D eigenvalue weighted by Gasteiger charge is 2.60. The Morgan fingerprint density at radius 2 is 2.21 bits per heavy atom. The molecule has 28 heavy (non-hydrogen) atoms. The second-order valence-corrected chi connectivity index (χ2v) is 7.21. The number of nitrogens with two attached hydrogens (primary N) is 1. The Morgan fingerprint density at radius 1 is 1.50 bits per heavy atom. The summed E-state index contributed by atoms with van der Waals surface area (Å²) in [6.07, 6.45) is -2.49. The first-order valence-corrected chi connectivity index (χ1v) is 9.65. The number of fused-ring (bicyclic) bond motifs is 1. The van der Waals surface area contributed by atoms with Gasteiger partial charge in [-0.25, -0.2) is 19.3 Å². The molecule has 0 aromatic carbocycles. The third-order valence-corrected chi connectivity index (χ3v) is 4.96. The molecule has 3 rings (SSSR count). The number of aromatic amines is 1. The van der Waals surface area contributed by atoms with E-state index in [9.17, 15) is 24.3 Å². The molecule has 156 valence electrons. The summed E-state index contributed by atoms with van der Waals surface area (Å²) in [4.78, 5) is 51.0. The smallest absolute Gasteiger partial charge is 0.394 e. The maximum absolute atomic E-state index is 12.1. The Balaban J connectivity index is 2.20. The Morgan fingerprint density at radius 3 is 2.79 bits per heavy atom. The lowest BCUT2D eigenvalue weighted by Crippen LogP contribution is -2.47. The van der Waals surface area contributed by atoms with Crippen molar-refractivity contribution in [2.75, 3.05) is 19.5 Å². The number of ether oxygens (including phenoxy) is 1. The first-order valence-electron chi connectivity index (χ1n) is 8.12. The summed E-state index contributed by atoms with van der Waals surface area (Å²) in [5.41, 5.74) is 3.50. The number of nitrogens with zero attached hydrogens (tertiary/aromatic N) is 3. The Kier molecular flexibility index (Phi) is 5.58. The second-order valence-electron chi connectivity index (χ2n) is 6.02. The molecule has 0 aliphatic carbocycles. The van der Waals surface area contributed by atoms with Crippen LogP contribution in [0.15, 0.2) is 11.1 Å². The summed E-state index contributed by atoms with van der Waals surface area (Å²) in [5.74, 6) is -0.172. The molecule has 14 nitrogen and oxygen atoms in total. The van der Waals surface area contributed by atoms with Crippen molar-refractivity contribution < 1.29 is 38.5 Å². The Hall–Kier alpha value is -1.90. The third kappa shape index (κ3) is 3.44. The van der Waals surface area contributed by atoms with Crippen molar-refractivity contribution in [1.82, 2.24) is 19.5 Å². The van der Waals surface area contributed by atoms with Gasteiger partial charge in [-0.1, -0.05) is 6.92 Å². The highest BCUT2D eigenvalue weighted by molar-refractivity contribution is 7.46. The van der Waals surface area contributed by atoms with Gasteiger partial charge in [-0.3, -0.25) is 18.9 Å². The molecule has 1 aliphatic rings. The van der Waals surface area contributed by atoms with Crippen molar-refractivity contribution in [1.29, 1.82) is 0 Å². The Bertz CT molecular complexity index is 958. The number of aromatic nitrogens is 4. The molecule has 4 atom stereocenters. The summed E-state index contributed by atoms with van der Waals surface area (Å²) in [6.45, 7) is 1.04. The van der Waals surface area contributed by atoms with E-state index in [0.717, 1.165) is 0 Å². The van der Waals surface area contributed by atoms with Crippen LogP contribution in [0.25, 0.3) is 11.2 Å². The molecule has 3 heterocycles. The number of phosphoric ester groups is 1. The van der Waals surface area contributed by atoms with Crippen molar-refractivity contribution in [3.8, 4) is 0 Å². The van der Waals surface area contributed by atoms with E-state index < -0.39 is 44.0 Å². The molecule has 0 amide bonds. The summed E-state index contributed by atoms with van der Waals surface area (Å²) in [7, 11) is -3.79. The maximum atomic E-state index is 12.1.